The third-order valence-corrected chi connectivity index (χ3v) is 5.61. The standard InChI is InChI=1S/C22H19FN6O4/c1-12-15(23)7-13(19-26-21(33-27-19)14-10-28(11-14)22(31)32-2)8-16(12)25-20(30)17-9-24-18-5-3-4-6-29(17)18/h3-9,14H,10-11H2,1-2H3,(H,25,30). The molecule has 4 heterocycles. The third kappa shape index (κ3) is 3.67. The fourth-order valence-electron chi connectivity index (χ4n) is 3.66. The smallest absolute Gasteiger partial charge is 0.409 e. The molecule has 3 aromatic heterocycles. The van der Waals surface area contributed by atoms with E-state index in [2.05, 4.69) is 25.2 Å². The molecule has 0 atom stereocenters. The van der Waals surface area contributed by atoms with Crippen LogP contribution in [-0.2, 0) is 4.74 Å². The van der Waals surface area contributed by atoms with Gasteiger partial charge in [-0.1, -0.05) is 11.2 Å². The van der Waals surface area contributed by atoms with E-state index in [0.29, 0.717) is 35.9 Å². The van der Waals surface area contributed by atoms with Crippen molar-refractivity contribution in [3.63, 3.8) is 0 Å². The number of fused-ring (bicyclic) bond motifs is 1. The predicted octanol–water partition coefficient (Wildman–Crippen LogP) is 3.25. The maximum Gasteiger partial charge on any atom is 0.409 e. The van der Waals surface area contributed by atoms with Gasteiger partial charge in [0, 0.05) is 36.1 Å². The van der Waals surface area contributed by atoms with Crippen LogP contribution >= 0.6 is 0 Å². The highest BCUT2D eigenvalue weighted by atomic mass is 19.1. The topological polar surface area (TPSA) is 115 Å². The minimum absolute atomic E-state index is 0.116. The largest absolute Gasteiger partial charge is 0.453 e. The molecule has 1 N–H and O–H groups in total. The van der Waals surface area contributed by atoms with Gasteiger partial charge < -0.3 is 19.5 Å². The van der Waals surface area contributed by atoms with Gasteiger partial charge in [-0.15, -0.1) is 0 Å². The van der Waals surface area contributed by atoms with Crippen LogP contribution < -0.4 is 5.32 Å². The minimum atomic E-state index is -0.521. The summed E-state index contributed by atoms with van der Waals surface area (Å²) in [5.41, 5.74) is 1.86. The van der Waals surface area contributed by atoms with Gasteiger partial charge in [-0.2, -0.15) is 4.98 Å². The second-order valence-electron chi connectivity index (χ2n) is 7.69. The summed E-state index contributed by atoms with van der Waals surface area (Å²) < 4.78 is 26.3. The van der Waals surface area contributed by atoms with Gasteiger partial charge in [0.2, 0.25) is 11.7 Å². The normalized spacial score (nSPS) is 13.7. The number of methoxy groups -OCH3 is 1. The first kappa shape index (κ1) is 20.6. The second-order valence-corrected chi connectivity index (χ2v) is 7.69. The van der Waals surface area contributed by atoms with Crippen LogP contribution in [0.2, 0.25) is 0 Å². The third-order valence-electron chi connectivity index (χ3n) is 5.61. The molecule has 0 saturated carbocycles. The zero-order chi connectivity index (χ0) is 23.1. The molecular weight excluding hydrogens is 431 g/mol. The SMILES string of the molecule is COC(=O)N1CC(c2nc(-c3cc(F)c(C)c(NC(=O)c4cnc5ccccn45)c3)no2)C1. The Bertz CT molecular complexity index is 1370. The lowest BCUT2D eigenvalue weighted by molar-refractivity contribution is 0.0804. The Morgan fingerprint density at radius 2 is 2.09 bits per heavy atom. The number of carbonyl (C=O) groups is 2. The average molecular weight is 450 g/mol. The molecule has 0 spiro atoms. The zero-order valence-electron chi connectivity index (χ0n) is 17.8. The molecule has 11 heteroatoms. The van der Waals surface area contributed by atoms with Crippen LogP contribution in [-0.4, -0.2) is 56.6 Å². The van der Waals surface area contributed by atoms with Gasteiger partial charge in [-0.3, -0.25) is 9.20 Å². The molecule has 1 saturated heterocycles. The van der Waals surface area contributed by atoms with Gasteiger partial charge in [-0.25, -0.2) is 14.2 Å². The molecule has 10 nitrogen and oxygen atoms in total. The highest BCUT2D eigenvalue weighted by Crippen LogP contribution is 2.30. The van der Waals surface area contributed by atoms with Gasteiger partial charge in [0.25, 0.3) is 5.91 Å². The van der Waals surface area contributed by atoms with Crippen molar-refractivity contribution in [3.05, 3.63) is 65.7 Å². The van der Waals surface area contributed by atoms with E-state index in [1.807, 2.05) is 6.07 Å². The number of rotatable bonds is 4. The molecule has 4 aromatic rings. The Morgan fingerprint density at radius 1 is 1.27 bits per heavy atom. The highest BCUT2D eigenvalue weighted by Gasteiger charge is 2.36. The van der Waals surface area contributed by atoms with Crippen LogP contribution in [0.25, 0.3) is 17.0 Å². The van der Waals surface area contributed by atoms with Crippen molar-refractivity contribution in [1.82, 2.24) is 24.4 Å². The number of nitrogens with one attached hydrogen (secondary N) is 1. The highest BCUT2D eigenvalue weighted by molar-refractivity contribution is 6.04. The Balaban J connectivity index is 1.38. The van der Waals surface area contributed by atoms with E-state index in [-0.39, 0.29) is 23.0 Å². The first-order chi connectivity index (χ1) is 15.9. The fourth-order valence-corrected chi connectivity index (χ4v) is 3.66. The van der Waals surface area contributed by atoms with E-state index < -0.39 is 17.8 Å². The Morgan fingerprint density at radius 3 is 2.88 bits per heavy atom. The van der Waals surface area contributed by atoms with E-state index in [4.69, 9.17) is 4.52 Å². The van der Waals surface area contributed by atoms with Gasteiger partial charge in [0.05, 0.1) is 19.2 Å². The molecule has 5 rings (SSSR count). The van der Waals surface area contributed by atoms with Crippen LogP contribution in [0.1, 0.15) is 27.9 Å². The van der Waals surface area contributed by atoms with Gasteiger partial charge >= 0.3 is 6.09 Å². The number of pyridine rings is 1. The molecule has 0 bridgehead atoms. The average Bonchev–Trinajstić information content (AvgIpc) is 3.43. The van der Waals surface area contributed by atoms with E-state index in [0.717, 1.165) is 0 Å². The van der Waals surface area contributed by atoms with E-state index in [1.165, 1.54) is 24.3 Å². The van der Waals surface area contributed by atoms with Crippen molar-refractivity contribution < 1.29 is 23.2 Å². The van der Waals surface area contributed by atoms with Crippen molar-refractivity contribution in [2.24, 2.45) is 0 Å². The van der Waals surface area contributed by atoms with Gasteiger partial charge in [-0.05, 0) is 31.2 Å². The Labute approximate surface area is 187 Å². The number of likely N-dealkylation sites (tertiary alicyclic amines) is 1. The first-order valence-corrected chi connectivity index (χ1v) is 10.1. The number of imidazole rings is 1. The fraction of sp³-hybridized carbons (Fsp3) is 0.227. The maximum atomic E-state index is 14.7. The zero-order valence-corrected chi connectivity index (χ0v) is 17.8. The van der Waals surface area contributed by atoms with Crippen molar-refractivity contribution in [2.75, 3.05) is 25.5 Å². The quantitative estimate of drug-likeness (QED) is 0.507. The number of anilines is 1. The Kier molecular flexibility index (Phi) is 5.00. The molecular formula is C22H19FN6O4. The number of amides is 2. The number of halogens is 1. The summed E-state index contributed by atoms with van der Waals surface area (Å²) in [4.78, 5) is 34.4. The van der Waals surface area contributed by atoms with Crippen LogP contribution in [0.3, 0.4) is 0 Å². The minimum Gasteiger partial charge on any atom is -0.453 e. The molecule has 0 unspecified atom stereocenters. The number of nitrogens with zero attached hydrogens (tertiary/aromatic N) is 5. The van der Waals surface area contributed by atoms with Crippen molar-refractivity contribution in [1.29, 1.82) is 0 Å². The van der Waals surface area contributed by atoms with Crippen LogP contribution in [0, 0.1) is 12.7 Å². The Hall–Kier alpha value is -4.28. The summed E-state index contributed by atoms with van der Waals surface area (Å²) in [5, 5.41) is 6.70. The van der Waals surface area contributed by atoms with Gasteiger partial charge in [0.1, 0.15) is 17.2 Å². The molecule has 168 valence electrons. The van der Waals surface area contributed by atoms with E-state index >= 15 is 0 Å². The predicted molar refractivity (Wildman–Crippen MR) is 114 cm³/mol. The summed E-state index contributed by atoms with van der Waals surface area (Å²) >= 11 is 0. The number of aromatic nitrogens is 4. The summed E-state index contributed by atoms with van der Waals surface area (Å²) in [5.74, 6) is -0.532. The molecule has 1 aliphatic rings. The number of hydrogen-bond donors (Lipinski definition) is 1. The van der Waals surface area contributed by atoms with E-state index in [9.17, 15) is 14.0 Å². The summed E-state index contributed by atoms with van der Waals surface area (Å²) in [7, 11) is 1.32. The van der Waals surface area contributed by atoms with Crippen LogP contribution in [0.15, 0.2) is 47.2 Å². The van der Waals surface area contributed by atoms with Gasteiger partial charge in [0.15, 0.2) is 0 Å². The molecule has 33 heavy (non-hydrogen) atoms. The number of carbonyl (C=O) groups excluding carboxylic acids is 2. The van der Waals surface area contributed by atoms with Crippen molar-refractivity contribution in [3.8, 4) is 11.4 Å². The molecule has 1 aromatic carbocycles. The van der Waals surface area contributed by atoms with Crippen molar-refractivity contribution >= 4 is 23.3 Å². The first-order valence-electron chi connectivity index (χ1n) is 10.1. The summed E-state index contributed by atoms with van der Waals surface area (Å²) in [6.45, 7) is 2.37. The molecule has 2 amide bonds. The van der Waals surface area contributed by atoms with E-state index in [1.54, 1.807) is 35.7 Å². The molecule has 0 radical (unpaired) electrons. The number of ether oxygens (including phenoxy) is 1. The lowest BCUT2D eigenvalue weighted by Gasteiger charge is -2.35. The van der Waals surface area contributed by atoms with Crippen LogP contribution in [0.5, 0.6) is 0 Å². The molecule has 1 fully saturated rings. The van der Waals surface area contributed by atoms with Crippen molar-refractivity contribution in [2.45, 2.75) is 12.8 Å². The lowest BCUT2D eigenvalue weighted by atomic mass is 10.0. The monoisotopic (exact) mass is 450 g/mol. The second kappa shape index (κ2) is 8.01. The molecule has 0 aliphatic carbocycles. The number of benzene rings is 1. The summed E-state index contributed by atoms with van der Waals surface area (Å²) in [6, 6.07) is 8.27. The molecule has 1 aliphatic heterocycles. The lowest BCUT2D eigenvalue weighted by Crippen LogP contribution is -2.48. The number of hydrogen-bond acceptors (Lipinski definition) is 7. The summed E-state index contributed by atoms with van der Waals surface area (Å²) in [6.07, 6.45) is 2.77. The maximum absolute atomic E-state index is 14.7. The van der Waals surface area contributed by atoms with Crippen LogP contribution in [0.4, 0.5) is 14.9 Å².